The van der Waals surface area contributed by atoms with E-state index >= 15 is 0 Å². The molecule has 10 atom stereocenters. The van der Waals surface area contributed by atoms with Gasteiger partial charge in [-0.3, -0.25) is 0 Å². The van der Waals surface area contributed by atoms with Crippen LogP contribution in [0, 0.1) is 0 Å². The van der Waals surface area contributed by atoms with E-state index in [-0.39, 0.29) is 59.5 Å². The molecule has 9 rings (SSSR count). The van der Waals surface area contributed by atoms with E-state index in [4.69, 9.17) is 56.8 Å². The molecule has 0 radical (unpaired) electrons. The van der Waals surface area contributed by atoms with Gasteiger partial charge in [0.05, 0.1) is 66.1 Å². The number of carbonyl (C=O) groups is 1. The number of carbonyl (C=O) groups excluding carboxylic acids is 1. The van der Waals surface area contributed by atoms with E-state index in [9.17, 15) is 4.79 Å². The van der Waals surface area contributed by atoms with E-state index in [0.29, 0.717) is 19.6 Å². The Labute approximate surface area is 489 Å². The second kappa shape index (κ2) is 32.4. The molecule has 2 heterocycles. The maximum absolute atomic E-state index is 12.7. The molecule has 7 aromatic rings. The lowest BCUT2D eigenvalue weighted by molar-refractivity contribution is -0.377. The summed E-state index contributed by atoms with van der Waals surface area (Å²) in [5.41, 5.74) is 6.10. The van der Waals surface area contributed by atoms with E-state index in [1.165, 1.54) is 0 Å². The molecular weight excluding hydrogens is 1050 g/mol. The Hall–Kier alpha value is -6.63. The van der Waals surface area contributed by atoms with Crippen LogP contribution in [-0.4, -0.2) is 99.5 Å². The van der Waals surface area contributed by atoms with Crippen LogP contribution in [0.4, 0.5) is 4.79 Å². The summed E-state index contributed by atoms with van der Waals surface area (Å²) in [6.07, 6.45) is -8.98. The second-order valence-corrected chi connectivity index (χ2v) is 21.6. The number of hydrogen-bond acceptors (Lipinski definition) is 13. The first-order chi connectivity index (χ1) is 40.7. The molecule has 0 unspecified atom stereocenters. The average Bonchev–Trinajstić information content (AvgIpc) is 3.69. The number of hydrogen-bond donors (Lipinski definition) is 1. The van der Waals surface area contributed by atoms with E-state index in [1.54, 1.807) is 0 Å². The first-order valence-electron chi connectivity index (χ1n) is 28.8. The number of amides is 1. The van der Waals surface area contributed by atoms with E-state index < -0.39 is 73.1 Å². The molecule has 2 saturated heterocycles. The van der Waals surface area contributed by atoms with E-state index in [0.717, 1.165) is 38.9 Å². The Kier molecular flexibility index (Phi) is 23.8. The van der Waals surface area contributed by atoms with E-state index in [1.807, 2.05) is 233 Å². The minimum Gasteiger partial charge on any atom is -0.444 e. The van der Waals surface area contributed by atoms with Crippen LogP contribution in [0.5, 0.6) is 0 Å². The van der Waals surface area contributed by atoms with Gasteiger partial charge in [0, 0.05) is 6.54 Å². The van der Waals surface area contributed by atoms with Gasteiger partial charge in [0.1, 0.15) is 54.4 Å². The quantitative estimate of drug-likeness (QED) is 0.0428. The van der Waals surface area contributed by atoms with Gasteiger partial charge < -0.3 is 62.2 Å². The van der Waals surface area contributed by atoms with Gasteiger partial charge in [0.15, 0.2) is 12.6 Å². The molecule has 83 heavy (non-hydrogen) atoms. The molecule has 14 heteroatoms. The summed E-state index contributed by atoms with van der Waals surface area (Å²) in [6.45, 7) is 7.83. The van der Waals surface area contributed by atoms with Gasteiger partial charge >= 0.3 is 6.09 Å². The number of ether oxygens (including phenoxy) is 12. The molecule has 2 fully saturated rings. The van der Waals surface area contributed by atoms with Crippen molar-refractivity contribution in [3.63, 3.8) is 0 Å². The van der Waals surface area contributed by atoms with Crippen molar-refractivity contribution in [3.05, 3.63) is 251 Å². The topological polar surface area (TPSA) is 140 Å². The fourth-order valence-corrected chi connectivity index (χ4v) is 9.87. The highest BCUT2D eigenvalue weighted by Crippen LogP contribution is 2.37. The predicted molar refractivity (Wildman–Crippen MR) is 314 cm³/mol. The molecule has 2 aliphatic heterocycles. The molecule has 14 nitrogen and oxygen atoms in total. The van der Waals surface area contributed by atoms with Gasteiger partial charge in [-0.25, -0.2) is 4.79 Å². The minimum absolute atomic E-state index is 0.0544. The molecular formula is C69H79NO13. The van der Waals surface area contributed by atoms with Gasteiger partial charge in [-0.05, 0) is 66.1 Å². The zero-order valence-electron chi connectivity index (χ0n) is 47.8. The zero-order chi connectivity index (χ0) is 57.3. The molecule has 7 aromatic carbocycles. The smallest absolute Gasteiger partial charge is 0.407 e. The Morgan fingerprint density at radius 2 is 0.699 bits per heavy atom. The molecule has 0 aromatic heterocycles. The molecule has 1 amide bonds. The van der Waals surface area contributed by atoms with Gasteiger partial charge in [-0.2, -0.15) is 0 Å². The van der Waals surface area contributed by atoms with Crippen LogP contribution in [-0.2, 0) is 103 Å². The number of nitrogens with one attached hydrogen (secondary N) is 1. The first-order valence-corrected chi connectivity index (χ1v) is 28.8. The van der Waals surface area contributed by atoms with Crippen LogP contribution in [0.25, 0.3) is 0 Å². The Bertz CT molecular complexity index is 2870. The van der Waals surface area contributed by atoms with Crippen LogP contribution in [0.1, 0.15) is 66.1 Å². The van der Waals surface area contributed by atoms with Gasteiger partial charge in [0.25, 0.3) is 0 Å². The summed E-state index contributed by atoms with van der Waals surface area (Å²) in [5, 5.41) is 2.85. The van der Waals surface area contributed by atoms with Crippen molar-refractivity contribution < 1.29 is 61.6 Å². The monoisotopic (exact) mass is 1130 g/mol. The number of benzene rings is 7. The van der Waals surface area contributed by atoms with Crippen LogP contribution in [0.3, 0.4) is 0 Å². The van der Waals surface area contributed by atoms with Crippen molar-refractivity contribution >= 4 is 6.09 Å². The largest absolute Gasteiger partial charge is 0.444 e. The zero-order valence-corrected chi connectivity index (χ0v) is 47.8. The normalized spacial score (nSPS) is 22.6. The molecule has 0 saturated carbocycles. The first kappa shape index (κ1) is 60.9. The van der Waals surface area contributed by atoms with Gasteiger partial charge in [-0.1, -0.05) is 212 Å². The molecule has 438 valence electrons. The summed E-state index contributed by atoms with van der Waals surface area (Å²) in [6, 6.07) is 70.0. The maximum atomic E-state index is 12.7. The van der Waals surface area contributed by atoms with Crippen molar-refractivity contribution in [3.8, 4) is 0 Å². The standard InChI is InChI=1S/C69H79NO13/c1-69(2,3)83-68(71)70-40-25-41-74-66-64(78-47-56-36-21-9-22-37-56)63(77-46-55-34-19-8-20-35-55)61(59(80-66)50-73-43-52-28-13-5-14-29-52)82-67-65(79-48-57-38-23-10-24-39-57)62(76-45-54-32-17-7-18-33-54)60(75-44-53-30-15-6-16-31-53)58(81-67)49-72-42-51-26-11-4-12-27-51/h4-24,26-39,58-67H,25,40-50H2,1-3H3,(H,70,71)/t58-,59-,60+,61+,62+,63+,64-,65-,66-,67-/m1/s1. The fourth-order valence-electron chi connectivity index (χ4n) is 9.87. The van der Waals surface area contributed by atoms with E-state index in [2.05, 4.69) is 5.32 Å². The third-order valence-electron chi connectivity index (χ3n) is 14.0. The van der Waals surface area contributed by atoms with Crippen LogP contribution < -0.4 is 5.32 Å². The highest BCUT2D eigenvalue weighted by Gasteiger charge is 2.55. The Balaban J connectivity index is 1.11. The highest BCUT2D eigenvalue weighted by molar-refractivity contribution is 5.67. The SMILES string of the molecule is CC(C)(C)OC(=O)NCCCO[C@@H]1O[C@H](COCc2ccccc2)[C@H](O[C@H]2O[C@H](COCc3ccccc3)[C@H](OCc3ccccc3)[C@H](OCc3ccccc3)[C@H]2OCc2ccccc2)[C@H](OCc2ccccc2)[C@H]1OCc1ccccc1. The highest BCUT2D eigenvalue weighted by atomic mass is 16.8. The molecule has 0 bridgehead atoms. The van der Waals surface area contributed by atoms with Crippen LogP contribution >= 0.6 is 0 Å². The van der Waals surface area contributed by atoms with Crippen molar-refractivity contribution in [1.82, 2.24) is 5.32 Å². The Morgan fingerprint density at radius 1 is 0.386 bits per heavy atom. The fraction of sp³-hybridized carbons (Fsp3) is 0.377. The van der Waals surface area contributed by atoms with Gasteiger partial charge in [0.2, 0.25) is 0 Å². The number of rotatable bonds is 30. The summed E-state index contributed by atoms with van der Waals surface area (Å²) in [5.74, 6) is 0. The molecule has 0 aliphatic carbocycles. The Morgan fingerprint density at radius 3 is 1.08 bits per heavy atom. The molecule has 0 spiro atoms. The summed E-state index contributed by atoms with van der Waals surface area (Å²) in [4.78, 5) is 12.7. The predicted octanol–water partition coefficient (Wildman–Crippen LogP) is 12.1. The average molecular weight is 1130 g/mol. The van der Waals surface area contributed by atoms with Crippen LogP contribution in [0.15, 0.2) is 212 Å². The summed E-state index contributed by atoms with van der Waals surface area (Å²) in [7, 11) is 0. The molecule has 2 aliphatic rings. The lowest BCUT2D eigenvalue weighted by Crippen LogP contribution is -2.66. The minimum atomic E-state index is -1.15. The van der Waals surface area contributed by atoms with Crippen LogP contribution in [0.2, 0.25) is 0 Å². The van der Waals surface area contributed by atoms with Crippen molar-refractivity contribution in [1.29, 1.82) is 0 Å². The van der Waals surface area contributed by atoms with Crippen molar-refractivity contribution in [2.75, 3.05) is 26.4 Å². The third kappa shape index (κ3) is 19.7. The van der Waals surface area contributed by atoms with Crippen molar-refractivity contribution in [2.24, 2.45) is 0 Å². The van der Waals surface area contributed by atoms with Gasteiger partial charge in [-0.15, -0.1) is 0 Å². The maximum Gasteiger partial charge on any atom is 0.407 e. The third-order valence-corrected chi connectivity index (χ3v) is 14.0. The summed E-state index contributed by atoms with van der Waals surface area (Å²) >= 11 is 0. The summed E-state index contributed by atoms with van der Waals surface area (Å²) < 4.78 is 83.0. The lowest BCUT2D eigenvalue weighted by Gasteiger charge is -2.50. The second-order valence-electron chi connectivity index (χ2n) is 21.6. The number of alkyl carbamates (subject to hydrolysis) is 1. The van der Waals surface area contributed by atoms with Crippen molar-refractivity contribution in [2.45, 2.75) is 140 Å². The lowest BCUT2D eigenvalue weighted by atomic mass is 9.95. The molecule has 1 N–H and O–H groups in total.